The van der Waals surface area contributed by atoms with E-state index in [-0.39, 0.29) is 18.2 Å². The van der Waals surface area contributed by atoms with E-state index < -0.39 is 17.2 Å². The summed E-state index contributed by atoms with van der Waals surface area (Å²) in [4.78, 5) is 42.1. The van der Waals surface area contributed by atoms with E-state index >= 15 is 0 Å². The molecular formula is C22H25N3O4. The van der Waals surface area contributed by atoms with Crippen molar-refractivity contribution < 1.29 is 9.53 Å². The van der Waals surface area contributed by atoms with Crippen molar-refractivity contribution in [2.24, 2.45) is 0 Å². The third kappa shape index (κ3) is 4.14. The molecule has 0 saturated carbocycles. The van der Waals surface area contributed by atoms with Gasteiger partial charge in [0.15, 0.2) is 0 Å². The lowest BCUT2D eigenvalue weighted by molar-refractivity contribution is 0.0601. The fourth-order valence-corrected chi connectivity index (χ4v) is 3.38. The molecule has 0 bridgehead atoms. The van der Waals surface area contributed by atoms with Crippen LogP contribution in [0.4, 0.5) is 0 Å². The smallest absolute Gasteiger partial charge is 0.337 e. The second-order valence-electron chi connectivity index (χ2n) is 7.17. The molecule has 0 aliphatic carbocycles. The highest BCUT2D eigenvalue weighted by molar-refractivity contribution is 5.93. The van der Waals surface area contributed by atoms with Crippen molar-refractivity contribution in [3.05, 3.63) is 80.0 Å². The molecule has 1 N–H and O–H groups in total. The summed E-state index contributed by atoms with van der Waals surface area (Å²) >= 11 is 0. The molecule has 152 valence electrons. The van der Waals surface area contributed by atoms with Gasteiger partial charge >= 0.3 is 11.7 Å². The Labute approximate surface area is 168 Å². The Kier molecular flexibility index (Phi) is 5.98. The average molecular weight is 395 g/mol. The van der Waals surface area contributed by atoms with Crippen LogP contribution in [0.1, 0.15) is 34.5 Å². The Morgan fingerprint density at radius 2 is 1.83 bits per heavy atom. The predicted octanol–water partition coefficient (Wildman–Crippen LogP) is 2.34. The molecule has 0 fully saturated rings. The number of hydrogen-bond acceptors (Lipinski definition) is 5. The van der Waals surface area contributed by atoms with E-state index in [0.717, 1.165) is 12.0 Å². The third-order valence-corrected chi connectivity index (χ3v) is 5.15. The summed E-state index contributed by atoms with van der Waals surface area (Å²) in [7, 11) is 5.12. The number of fused-ring (bicyclic) bond motifs is 1. The van der Waals surface area contributed by atoms with E-state index in [0.29, 0.717) is 10.9 Å². The number of ether oxygens (including phenoxy) is 1. The van der Waals surface area contributed by atoms with Crippen molar-refractivity contribution in [3.8, 4) is 0 Å². The van der Waals surface area contributed by atoms with Gasteiger partial charge in [0.25, 0.3) is 5.56 Å². The molecule has 1 aromatic heterocycles. The minimum Gasteiger partial charge on any atom is -0.465 e. The Morgan fingerprint density at radius 3 is 2.41 bits per heavy atom. The van der Waals surface area contributed by atoms with Crippen LogP contribution in [0.25, 0.3) is 10.9 Å². The summed E-state index contributed by atoms with van der Waals surface area (Å²) in [5.74, 6) is -0.528. The standard InChI is InChI=1S/C22H25N3O4/c1-5-14-6-8-15(9-7-14)19(24(2)3)13-25-20(26)17-11-10-16(21(27)29-4)12-18(17)23-22(25)28/h6-12,19H,5,13H2,1-4H3,(H,23,28)/t19-/m0/s1. The number of H-pyrrole nitrogens is 1. The summed E-state index contributed by atoms with van der Waals surface area (Å²) in [6.45, 7) is 2.31. The molecule has 1 heterocycles. The molecule has 0 unspecified atom stereocenters. The largest absolute Gasteiger partial charge is 0.465 e. The van der Waals surface area contributed by atoms with Gasteiger partial charge in [-0.05, 0) is 49.8 Å². The molecule has 3 aromatic rings. The summed E-state index contributed by atoms with van der Waals surface area (Å²) < 4.78 is 5.90. The normalized spacial score (nSPS) is 12.3. The maximum absolute atomic E-state index is 13.0. The first-order chi connectivity index (χ1) is 13.8. The number of aryl methyl sites for hydroxylation is 1. The van der Waals surface area contributed by atoms with Gasteiger partial charge in [-0.3, -0.25) is 9.36 Å². The number of nitrogens with one attached hydrogen (secondary N) is 1. The lowest BCUT2D eigenvalue weighted by atomic mass is 10.0. The van der Waals surface area contributed by atoms with Crippen molar-refractivity contribution in [3.63, 3.8) is 0 Å². The fraction of sp³-hybridized carbons (Fsp3) is 0.318. The molecule has 29 heavy (non-hydrogen) atoms. The van der Waals surface area contributed by atoms with E-state index in [1.54, 1.807) is 0 Å². The Bertz CT molecular complexity index is 1140. The van der Waals surface area contributed by atoms with Crippen molar-refractivity contribution in [2.45, 2.75) is 25.9 Å². The van der Waals surface area contributed by atoms with Gasteiger partial charge in [-0.1, -0.05) is 31.2 Å². The predicted molar refractivity (Wildman–Crippen MR) is 112 cm³/mol. The molecule has 3 rings (SSSR count). The SMILES string of the molecule is CCc1ccc([C@H](Cn2c(=O)[nH]c3cc(C(=O)OC)ccc3c2=O)N(C)C)cc1. The number of likely N-dealkylation sites (N-methyl/N-ethyl adjacent to an activating group) is 1. The zero-order valence-corrected chi connectivity index (χ0v) is 17.1. The number of nitrogens with zero attached hydrogens (tertiary/aromatic N) is 2. The minimum atomic E-state index is -0.528. The molecule has 0 radical (unpaired) electrons. The topological polar surface area (TPSA) is 84.4 Å². The minimum absolute atomic E-state index is 0.147. The van der Waals surface area contributed by atoms with Crippen LogP contribution >= 0.6 is 0 Å². The number of esters is 1. The highest BCUT2D eigenvalue weighted by Gasteiger charge is 2.19. The van der Waals surface area contributed by atoms with Crippen LogP contribution < -0.4 is 11.2 Å². The quantitative estimate of drug-likeness (QED) is 0.648. The molecule has 2 aromatic carbocycles. The molecule has 0 spiro atoms. The number of benzene rings is 2. The van der Waals surface area contributed by atoms with Crippen LogP contribution in [0.3, 0.4) is 0 Å². The van der Waals surface area contributed by atoms with Crippen molar-refractivity contribution in [2.75, 3.05) is 21.2 Å². The van der Waals surface area contributed by atoms with Crippen LogP contribution in [-0.2, 0) is 17.7 Å². The number of aromatic nitrogens is 2. The van der Waals surface area contributed by atoms with Crippen molar-refractivity contribution in [1.82, 2.24) is 14.5 Å². The Morgan fingerprint density at radius 1 is 1.14 bits per heavy atom. The number of hydrogen-bond donors (Lipinski definition) is 1. The van der Waals surface area contributed by atoms with E-state index in [9.17, 15) is 14.4 Å². The summed E-state index contributed by atoms with van der Waals surface area (Å²) in [6, 6.07) is 12.6. The maximum atomic E-state index is 13.0. The summed E-state index contributed by atoms with van der Waals surface area (Å²) in [5.41, 5.74) is 1.94. The molecule has 1 atom stereocenters. The lowest BCUT2D eigenvalue weighted by Gasteiger charge is -2.25. The monoisotopic (exact) mass is 395 g/mol. The molecule has 7 heteroatoms. The first-order valence-corrected chi connectivity index (χ1v) is 9.46. The van der Waals surface area contributed by atoms with E-state index in [4.69, 9.17) is 4.74 Å². The molecule has 7 nitrogen and oxygen atoms in total. The van der Waals surface area contributed by atoms with E-state index in [1.807, 2.05) is 31.1 Å². The lowest BCUT2D eigenvalue weighted by Crippen LogP contribution is -2.39. The van der Waals surface area contributed by atoms with Gasteiger partial charge in [-0.2, -0.15) is 0 Å². The zero-order chi connectivity index (χ0) is 21.1. The van der Waals surface area contributed by atoms with Gasteiger partial charge in [-0.25, -0.2) is 9.59 Å². The fourth-order valence-electron chi connectivity index (χ4n) is 3.38. The Hall–Kier alpha value is -3.19. The van der Waals surface area contributed by atoms with Gasteiger partial charge in [0, 0.05) is 0 Å². The number of methoxy groups -OCH3 is 1. The number of carbonyl (C=O) groups is 1. The first kappa shape index (κ1) is 20.5. The van der Waals surface area contributed by atoms with Crippen LogP contribution in [0, 0.1) is 0 Å². The molecular weight excluding hydrogens is 370 g/mol. The highest BCUT2D eigenvalue weighted by atomic mass is 16.5. The summed E-state index contributed by atoms with van der Waals surface area (Å²) in [5, 5.41) is 0.344. The number of rotatable bonds is 6. The van der Waals surface area contributed by atoms with Gasteiger partial charge in [-0.15, -0.1) is 0 Å². The van der Waals surface area contributed by atoms with Crippen molar-refractivity contribution >= 4 is 16.9 Å². The van der Waals surface area contributed by atoms with E-state index in [1.165, 1.54) is 35.4 Å². The first-order valence-electron chi connectivity index (χ1n) is 9.46. The van der Waals surface area contributed by atoms with Gasteiger partial charge in [0.1, 0.15) is 0 Å². The highest BCUT2D eigenvalue weighted by Crippen LogP contribution is 2.20. The van der Waals surface area contributed by atoms with Crippen LogP contribution in [0.2, 0.25) is 0 Å². The maximum Gasteiger partial charge on any atom is 0.337 e. The second-order valence-corrected chi connectivity index (χ2v) is 7.17. The van der Waals surface area contributed by atoms with Crippen LogP contribution in [0.5, 0.6) is 0 Å². The third-order valence-electron chi connectivity index (χ3n) is 5.15. The summed E-state index contributed by atoms with van der Waals surface area (Å²) in [6.07, 6.45) is 0.949. The Balaban J connectivity index is 2.04. The second kappa shape index (κ2) is 8.45. The van der Waals surface area contributed by atoms with Gasteiger partial charge in [0.2, 0.25) is 0 Å². The van der Waals surface area contributed by atoms with Crippen molar-refractivity contribution in [1.29, 1.82) is 0 Å². The number of aromatic amines is 1. The van der Waals surface area contributed by atoms with Crippen LogP contribution in [-0.4, -0.2) is 41.6 Å². The van der Waals surface area contributed by atoms with Gasteiger partial charge in [0.05, 0.1) is 36.2 Å². The molecule has 0 aliphatic heterocycles. The van der Waals surface area contributed by atoms with Crippen LogP contribution in [0.15, 0.2) is 52.1 Å². The van der Waals surface area contributed by atoms with E-state index in [2.05, 4.69) is 24.0 Å². The number of carbonyl (C=O) groups excluding carboxylic acids is 1. The molecule has 0 amide bonds. The molecule has 0 saturated heterocycles. The van der Waals surface area contributed by atoms with Gasteiger partial charge < -0.3 is 14.6 Å². The average Bonchev–Trinajstić information content (AvgIpc) is 2.72. The zero-order valence-electron chi connectivity index (χ0n) is 17.1. The molecule has 0 aliphatic rings.